The third kappa shape index (κ3) is 4.74. The highest BCUT2D eigenvalue weighted by Gasteiger charge is 2.61. The second-order valence-electron chi connectivity index (χ2n) is 10.2. The fourth-order valence-electron chi connectivity index (χ4n) is 4.95. The molecule has 3 fully saturated rings. The number of sulfone groups is 1. The number of anilines is 2. The lowest BCUT2D eigenvalue weighted by Gasteiger charge is -2.34. The highest BCUT2D eigenvalue weighted by atomic mass is 32.2. The smallest absolute Gasteiger partial charge is 0.410 e. The fourth-order valence-corrected chi connectivity index (χ4v) is 7.41. The molecule has 1 aromatic heterocycles. The van der Waals surface area contributed by atoms with Crippen LogP contribution in [0.25, 0.3) is 11.4 Å². The SMILES string of the molecule is C[C@H]1COCCN1c1cc(C2(S(=O)(=O)C3CC3)CC2)nc(-c2ccc(NC(=O)Oc3ccccc3)cc2)n1. The van der Waals surface area contributed by atoms with Crippen LogP contribution in [0.15, 0.2) is 60.7 Å². The van der Waals surface area contributed by atoms with Crippen molar-refractivity contribution in [3.8, 4) is 17.1 Å². The summed E-state index contributed by atoms with van der Waals surface area (Å²) < 4.78 is 36.8. The number of carbonyl (C=O) groups excluding carboxylic acids is 1. The number of ether oxygens (including phenoxy) is 2. The molecule has 1 amide bonds. The van der Waals surface area contributed by atoms with Crippen molar-refractivity contribution in [1.82, 2.24) is 9.97 Å². The summed E-state index contributed by atoms with van der Waals surface area (Å²) >= 11 is 0. The molecule has 0 radical (unpaired) electrons. The van der Waals surface area contributed by atoms with E-state index >= 15 is 0 Å². The van der Waals surface area contributed by atoms with E-state index in [-0.39, 0.29) is 11.3 Å². The molecule has 2 heterocycles. The molecular formula is C28H30N4O5S. The number of amides is 1. The Hall–Kier alpha value is -3.50. The third-order valence-electron chi connectivity index (χ3n) is 7.40. The number of para-hydroxylation sites is 1. The van der Waals surface area contributed by atoms with Crippen molar-refractivity contribution >= 4 is 27.4 Å². The Balaban J connectivity index is 1.30. The number of nitrogens with zero attached hydrogens (tertiary/aromatic N) is 3. The first kappa shape index (κ1) is 24.8. The minimum absolute atomic E-state index is 0.108. The third-order valence-corrected chi connectivity index (χ3v) is 10.5. The van der Waals surface area contributed by atoms with Crippen LogP contribution in [0, 0.1) is 0 Å². The lowest BCUT2D eigenvalue weighted by atomic mass is 10.1. The van der Waals surface area contributed by atoms with Gasteiger partial charge in [0, 0.05) is 23.9 Å². The summed E-state index contributed by atoms with van der Waals surface area (Å²) in [4.78, 5) is 24.1. The van der Waals surface area contributed by atoms with Gasteiger partial charge in [0.2, 0.25) is 0 Å². The first-order chi connectivity index (χ1) is 18.4. The summed E-state index contributed by atoms with van der Waals surface area (Å²) in [6.07, 6.45) is 2.05. The topological polar surface area (TPSA) is 111 Å². The molecule has 38 heavy (non-hydrogen) atoms. The maximum absolute atomic E-state index is 13.4. The van der Waals surface area contributed by atoms with Crippen LogP contribution in [0.4, 0.5) is 16.3 Å². The summed E-state index contributed by atoms with van der Waals surface area (Å²) in [5.41, 5.74) is 1.87. The normalized spacial score (nSPS) is 20.6. The Labute approximate surface area is 222 Å². The van der Waals surface area contributed by atoms with Crippen LogP contribution >= 0.6 is 0 Å². The van der Waals surface area contributed by atoms with Crippen LogP contribution in [0.3, 0.4) is 0 Å². The van der Waals surface area contributed by atoms with E-state index in [0.29, 0.717) is 61.4 Å². The van der Waals surface area contributed by atoms with Gasteiger partial charge in [-0.2, -0.15) is 0 Å². The van der Waals surface area contributed by atoms with Gasteiger partial charge >= 0.3 is 6.09 Å². The highest BCUT2D eigenvalue weighted by Crippen LogP contribution is 2.57. The molecule has 3 aliphatic rings. The van der Waals surface area contributed by atoms with Gasteiger partial charge in [-0.25, -0.2) is 23.2 Å². The maximum atomic E-state index is 13.4. The van der Waals surface area contributed by atoms with Crippen LogP contribution in [-0.4, -0.2) is 55.5 Å². The minimum Gasteiger partial charge on any atom is -0.410 e. The molecule has 0 bridgehead atoms. The van der Waals surface area contributed by atoms with E-state index in [4.69, 9.17) is 19.4 Å². The van der Waals surface area contributed by atoms with Crippen molar-refractivity contribution in [3.63, 3.8) is 0 Å². The van der Waals surface area contributed by atoms with E-state index in [1.807, 2.05) is 24.3 Å². The van der Waals surface area contributed by atoms with Crippen molar-refractivity contribution in [3.05, 3.63) is 66.4 Å². The van der Waals surface area contributed by atoms with Crippen LogP contribution in [0.2, 0.25) is 0 Å². The zero-order chi connectivity index (χ0) is 26.3. The van der Waals surface area contributed by atoms with Crippen molar-refractivity contribution in [1.29, 1.82) is 0 Å². The minimum atomic E-state index is -3.31. The molecule has 2 saturated carbocycles. The zero-order valence-corrected chi connectivity index (χ0v) is 22.0. The molecule has 1 N–H and O–H groups in total. The summed E-state index contributed by atoms with van der Waals surface area (Å²) in [7, 11) is -3.31. The van der Waals surface area contributed by atoms with Gasteiger partial charge in [0.25, 0.3) is 0 Å². The average molecular weight is 535 g/mol. The molecule has 0 unspecified atom stereocenters. The first-order valence-electron chi connectivity index (χ1n) is 13.0. The van der Waals surface area contributed by atoms with Gasteiger partial charge in [0.05, 0.1) is 30.2 Å². The molecule has 9 nitrogen and oxygen atoms in total. The molecule has 3 aromatic rings. The standard InChI is InChI=1S/C28H30N4O5S/c1-19-18-36-16-15-32(19)25-17-24(28(13-14-28)38(34,35)23-11-12-23)30-26(31-25)20-7-9-21(10-8-20)29-27(33)37-22-5-3-2-4-6-22/h2-10,17,19,23H,11-16,18H2,1H3,(H,29,33)/t19-/m0/s1. The average Bonchev–Trinajstić information content (AvgIpc) is 3.83. The largest absolute Gasteiger partial charge is 0.417 e. The molecule has 6 rings (SSSR count). The quantitative estimate of drug-likeness (QED) is 0.470. The Morgan fingerprint density at radius 1 is 1.08 bits per heavy atom. The van der Waals surface area contributed by atoms with Gasteiger partial charge < -0.3 is 14.4 Å². The number of benzene rings is 2. The summed E-state index contributed by atoms with van der Waals surface area (Å²) in [5.74, 6) is 1.63. The second-order valence-corrected chi connectivity index (χ2v) is 12.7. The van der Waals surface area contributed by atoms with Crippen molar-refractivity contribution in [2.75, 3.05) is 30.0 Å². The number of carbonyl (C=O) groups is 1. The van der Waals surface area contributed by atoms with Gasteiger partial charge in [-0.05, 0) is 69.0 Å². The van der Waals surface area contributed by atoms with Gasteiger partial charge in [-0.3, -0.25) is 5.32 Å². The number of nitrogens with one attached hydrogen (secondary N) is 1. The molecule has 2 aliphatic carbocycles. The maximum Gasteiger partial charge on any atom is 0.417 e. The Morgan fingerprint density at radius 3 is 2.47 bits per heavy atom. The lowest BCUT2D eigenvalue weighted by molar-refractivity contribution is 0.0985. The molecule has 1 atom stereocenters. The van der Waals surface area contributed by atoms with Gasteiger partial charge in [0.15, 0.2) is 15.7 Å². The Kier molecular flexibility index (Phi) is 6.31. The number of hydrogen-bond acceptors (Lipinski definition) is 8. The van der Waals surface area contributed by atoms with Crippen molar-refractivity contribution < 1.29 is 22.7 Å². The first-order valence-corrected chi connectivity index (χ1v) is 14.5. The molecular weight excluding hydrogens is 504 g/mol. The van der Waals surface area contributed by atoms with Crippen molar-refractivity contribution in [2.24, 2.45) is 0 Å². The van der Waals surface area contributed by atoms with Gasteiger partial charge in [-0.1, -0.05) is 18.2 Å². The number of aromatic nitrogens is 2. The van der Waals surface area contributed by atoms with Gasteiger partial charge in [-0.15, -0.1) is 0 Å². The van der Waals surface area contributed by atoms with Crippen LogP contribution in [-0.2, 0) is 19.3 Å². The number of hydrogen-bond donors (Lipinski definition) is 1. The zero-order valence-electron chi connectivity index (χ0n) is 21.2. The monoisotopic (exact) mass is 534 g/mol. The molecule has 10 heteroatoms. The van der Waals surface area contributed by atoms with E-state index in [1.54, 1.807) is 36.4 Å². The predicted octanol–water partition coefficient (Wildman–Crippen LogP) is 4.55. The number of morpholine rings is 1. The van der Waals surface area contributed by atoms with E-state index in [1.165, 1.54) is 0 Å². The van der Waals surface area contributed by atoms with Crippen molar-refractivity contribution in [2.45, 2.75) is 48.6 Å². The molecule has 1 aliphatic heterocycles. The van der Waals surface area contributed by atoms with E-state index in [9.17, 15) is 13.2 Å². The van der Waals surface area contributed by atoms with Gasteiger partial charge in [0.1, 0.15) is 16.3 Å². The summed E-state index contributed by atoms with van der Waals surface area (Å²) in [5, 5.41) is 2.47. The lowest BCUT2D eigenvalue weighted by Crippen LogP contribution is -2.44. The van der Waals surface area contributed by atoms with E-state index in [0.717, 1.165) is 18.4 Å². The second kappa shape index (κ2) is 9.67. The molecule has 1 saturated heterocycles. The van der Waals surface area contributed by atoms with E-state index in [2.05, 4.69) is 17.1 Å². The summed E-state index contributed by atoms with van der Waals surface area (Å²) in [6.45, 7) is 3.92. The highest BCUT2D eigenvalue weighted by molar-refractivity contribution is 7.93. The number of rotatable bonds is 7. The van der Waals surface area contributed by atoms with Crippen LogP contribution in [0.1, 0.15) is 38.3 Å². The van der Waals surface area contributed by atoms with Crippen LogP contribution in [0.5, 0.6) is 5.75 Å². The predicted molar refractivity (Wildman–Crippen MR) is 144 cm³/mol. The van der Waals surface area contributed by atoms with E-state index < -0.39 is 20.7 Å². The Bertz CT molecular complexity index is 1440. The Morgan fingerprint density at radius 2 is 1.82 bits per heavy atom. The fraction of sp³-hybridized carbons (Fsp3) is 0.393. The molecule has 2 aromatic carbocycles. The molecule has 0 spiro atoms. The van der Waals surface area contributed by atoms with Crippen LogP contribution < -0.4 is 15.0 Å². The summed E-state index contributed by atoms with van der Waals surface area (Å²) in [6, 6.07) is 18.0. The molecule has 198 valence electrons.